The normalized spacial score (nSPS) is 10.6. The van der Waals surface area contributed by atoms with Crippen molar-refractivity contribution in [3.8, 4) is 17.2 Å². The summed E-state index contributed by atoms with van der Waals surface area (Å²) in [6, 6.07) is 18.3. The number of rotatable bonds is 9. The van der Waals surface area contributed by atoms with E-state index >= 15 is 0 Å². The van der Waals surface area contributed by atoms with Crippen molar-refractivity contribution in [2.45, 2.75) is 6.92 Å². The number of halogens is 2. The van der Waals surface area contributed by atoms with Gasteiger partial charge in [0.2, 0.25) is 0 Å². The Balaban J connectivity index is 1.59. The lowest BCUT2D eigenvalue weighted by Crippen LogP contribution is -2.24. The van der Waals surface area contributed by atoms with E-state index in [2.05, 4.69) is 10.5 Å². The summed E-state index contributed by atoms with van der Waals surface area (Å²) < 4.78 is 16.4. The maximum atomic E-state index is 12.3. The minimum atomic E-state index is -0.494. The van der Waals surface area contributed by atoms with Crippen LogP contribution in [0.1, 0.15) is 22.8 Å². The van der Waals surface area contributed by atoms with Crippen molar-refractivity contribution >= 4 is 41.3 Å². The van der Waals surface area contributed by atoms with Crippen molar-refractivity contribution < 1.29 is 23.8 Å². The Hall–Kier alpha value is -3.55. The zero-order valence-electron chi connectivity index (χ0n) is 17.6. The third-order valence-electron chi connectivity index (χ3n) is 4.14. The molecule has 3 aromatic rings. The van der Waals surface area contributed by atoms with Gasteiger partial charge >= 0.3 is 5.97 Å². The molecule has 7 nitrogen and oxygen atoms in total. The summed E-state index contributed by atoms with van der Waals surface area (Å²) in [6.45, 7) is 1.91. The van der Waals surface area contributed by atoms with Crippen molar-refractivity contribution in [1.29, 1.82) is 0 Å². The molecule has 33 heavy (non-hydrogen) atoms. The largest absolute Gasteiger partial charge is 0.490 e. The molecule has 3 rings (SSSR count). The maximum Gasteiger partial charge on any atom is 0.343 e. The van der Waals surface area contributed by atoms with E-state index in [0.29, 0.717) is 39.3 Å². The maximum absolute atomic E-state index is 12.3. The monoisotopic (exact) mass is 486 g/mol. The van der Waals surface area contributed by atoms with Gasteiger partial charge in [0.1, 0.15) is 5.75 Å². The molecular formula is C24H20Cl2N2O5. The zero-order chi connectivity index (χ0) is 23.6. The van der Waals surface area contributed by atoms with Gasteiger partial charge in [-0.3, -0.25) is 4.79 Å². The van der Waals surface area contributed by atoms with Crippen LogP contribution >= 0.6 is 23.2 Å². The fourth-order valence-electron chi connectivity index (χ4n) is 2.64. The van der Waals surface area contributed by atoms with E-state index in [1.54, 1.807) is 54.6 Å². The number of nitrogens with one attached hydrogen (secondary N) is 1. The number of hydrogen-bond donors (Lipinski definition) is 1. The van der Waals surface area contributed by atoms with Crippen LogP contribution in [0.2, 0.25) is 10.0 Å². The van der Waals surface area contributed by atoms with Gasteiger partial charge in [-0.2, -0.15) is 5.10 Å². The number of carbonyl (C=O) groups is 2. The summed E-state index contributed by atoms with van der Waals surface area (Å²) in [5.74, 6) is 0.0156. The highest BCUT2D eigenvalue weighted by Crippen LogP contribution is 2.29. The number of amides is 1. The van der Waals surface area contributed by atoms with E-state index in [-0.39, 0.29) is 12.4 Å². The molecule has 9 heteroatoms. The van der Waals surface area contributed by atoms with Crippen LogP contribution in [0.15, 0.2) is 71.8 Å². The smallest absolute Gasteiger partial charge is 0.343 e. The minimum absolute atomic E-state index is 0.278. The summed E-state index contributed by atoms with van der Waals surface area (Å²) in [5.41, 5.74) is 3.41. The Morgan fingerprint density at radius 3 is 2.42 bits per heavy atom. The summed E-state index contributed by atoms with van der Waals surface area (Å²) in [7, 11) is 0. The Kier molecular flexibility index (Phi) is 8.69. The fourth-order valence-corrected chi connectivity index (χ4v) is 3.10. The Morgan fingerprint density at radius 1 is 0.939 bits per heavy atom. The van der Waals surface area contributed by atoms with Gasteiger partial charge in [-0.1, -0.05) is 41.4 Å². The van der Waals surface area contributed by atoms with Crippen LogP contribution in [0.4, 0.5) is 0 Å². The van der Waals surface area contributed by atoms with Gasteiger partial charge in [0.25, 0.3) is 5.91 Å². The number of hydrogen-bond acceptors (Lipinski definition) is 6. The van der Waals surface area contributed by atoms with Gasteiger partial charge in [-0.15, -0.1) is 0 Å². The second kappa shape index (κ2) is 11.9. The highest BCUT2D eigenvalue weighted by Gasteiger charge is 2.13. The lowest BCUT2D eigenvalue weighted by Gasteiger charge is -2.11. The summed E-state index contributed by atoms with van der Waals surface area (Å²) >= 11 is 11.8. The lowest BCUT2D eigenvalue weighted by molar-refractivity contribution is -0.123. The third-order valence-corrected chi connectivity index (χ3v) is 4.67. The van der Waals surface area contributed by atoms with Crippen molar-refractivity contribution in [1.82, 2.24) is 5.43 Å². The first kappa shape index (κ1) is 24.1. The molecule has 0 saturated carbocycles. The summed E-state index contributed by atoms with van der Waals surface area (Å²) in [5, 5.41) is 4.68. The molecule has 0 aliphatic rings. The molecule has 0 aromatic heterocycles. The van der Waals surface area contributed by atoms with Crippen LogP contribution in [0.5, 0.6) is 17.2 Å². The van der Waals surface area contributed by atoms with Crippen LogP contribution in [0, 0.1) is 0 Å². The average Bonchev–Trinajstić information content (AvgIpc) is 2.81. The SMILES string of the molecule is CCOc1cc(/C=N/NC(=O)COc2ccc(Cl)cc2Cl)ccc1OC(=O)c1ccccc1. The number of ether oxygens (including phenoxy) is 3. The average molecular weight is 487 g/mol. The van der Waals surface area contributed by atoms with Crippen LogP contribution in [-0.2, 0) is 4.79 Å². The quantitative estimate of drug-likeness (QED) is 0.196. The number of esters is 1. The topological polar surface area (TPSA) is 86.2 Å². The van der Waals surface area contributed by atoms with Gasteiger partial charge in [0.05, 0.1) is 23.4 Å². The molecule has 0 heterocycles. The molecular weight excluding hydrogens is 467 g/mol. The number of nitrogens with zero attached hydrogens (tertiary/aromatic N) is 1. The van der Waals surface area contributed by atoms with Gasteiger partial charge in [-0.05, 0) is 61.0 Å². The predicted molar refractivity (Wildman–Crippen MR) is 127 cm³/mol. The first-order valence-corrected chi connectivity index (χ1v) is 10.7. The molecule has 0 radical (unpaired) electrons. The standard InChI is InChI=1S/C24H20Cl2N2O5/c1-2-31-22-12-16(8-10-21(22)33-24(30)17-6-4-3-5-7-17)14-27-28-23(29)15-32-20-11-9-18(25)13-19(20)26/h3-14H,2,15H2,1H3,(H,28,29)/b27-14+. The molecule has 0 spiro atoms. The molecule has 0 saturated heterocycles. The molecule has 0 bridgehead atoms. The Morgan fingerprint density at radius 2 is 1.70 bits per heavy atom. The van der Waals surface area contributed by atoms with Gasteiger partial charge in [-0.25, -0.2) is 10.2 Å². The number of hydrazone groups is 1. The van der Waals surface area contributed by atoms with E-state index < -0.39 is 11.9 Å². The highest BCUT2D eigenvalue weighted by molar-refractivity contribution is 6.35. The third kappa shape index (κ3) is 7.24. The minimum Gasteiger partial charge on any atom is -0.490 e. The molecule has 0 atom stereocenters. The van der Waals surface area contributed by atoms with Gasteiger partial charge in [0, 0.05) is 5.02 Å². The zero-order valence-corrected chi connectivity index (χ0v) is 19.1. The van der Waals surface area contributed by atoms with Crippen LogP contribution in [0.3, 0.4) is 0 Å². The summed E-state index contributed by atoms with van der Waals surface area (Å²) in [6.07, 6.45) is 1.43. The van der Waals surface area contributed by atoms with Crippen molar-refractivity contribution in [3.05, 3.63) is 87.9 Å². The molecule has 0 aliphatic heterocycles. The molecule has 0 aliphatic carbocycles. The Bertz CT molecular complexity index is 1150. The van der Waals surface area contributed by atoms with E-state index in [0.717, 1.165) is 0 Å². The number of benzene rings is 3. The van der Waals surface area contributed by atoms with Gasteiger partial charge < -0.3 is 14.2 Å². The molecule has 0 fully saturated rings. The second-order valence-corrected chi connectivity index (χ2v) is 7.39. The lowest BCUT2D eigenvalue weighted by atomic mass is 10.2. The highest BCUT2D eigenvalue weighted by atomic mass is 35.5. The molecule has 0 unspecified atom stereocenters. The predicted octanol–water partition coefficient (Wildman–Crippen LogP) is 5.14. The van der Waals surface area contributed by atoms with Crippen molar-refractivity contribution in [2.75, 3.05) is 13.2 Å². The van der Waals surface area contributed by atoms with E-state index in [9.17, 15) is 9.59 Å². The van der Waals surface area contributed by atoms with Crippen LogP contribution in [-0.4, -0.2) is 31.3 Å². The second-order valence-electron chi connectivity index (χ2n) is 6.55. The van der Waals surface area contributed by atoms with Gasteiger partial charge in [0.15, 0.2) is 18.1 Å². The summed E-state index contributed by atoms with van der Waals surface area (Å²) in [4.78, 5) is 24.3. The van der Waals surface area contributed by atoms with Crippen LogP contribution in [0.25, 0.3) is 0 Å². The Labute approximate surface area is 200 Å². The molecule has 170 valence electrons. The van der Waals surface area contributed by atoms with Crippen LogP contribution < -0.4 is 19.6 Å². The van der Waals surface area contributed by atoms with Crippen molar-refractivity contribution in [2.24, 2.45) is 5.10 Å². The molecule has 1 N–H and O–H groups in total. The molecule has 1 amide bonds. The van der Waals surface area contributed by atoms with E-state index in [1.165, 1.54) is 12.3 Å². The molecule has 3 aromatic carbocycles. The van der Waals surface area contributed by atoms with E-state index in [4.69, 9.17) is 37.4 Å². The first-order valence-electron chi connectivity index (χ1n) is 9.90. The van der Waals surface area contributed by atoms with E-state index in [1.807, 2.05) is 13.0 Å². The fraction of sp³-hybridized carbons (Fsp3) is 0.125. The van der Waals surface area contributed by atoms with Crippen molar-refractivity contribution in [3.63, 3.8) is 0 Å². The number of carbonyl (C=O) groups excluding carboxylic acids is 2. The first-order chi connectivity index (χ1) is 16.0.